The highest BCUT2D eigenvalue weighted by atomic mass is 32.1. The highest BCUT2D eigenvalue weighted by Gasteiger charge is 2.30. The molecule has 0 spiro atoms. The maximum absolute atomic E-state index is 11.5. The Bertz CT molecular complexity index is 1310. The van der Waals surface area contributed by atoms with E-state index in [1.54, 1.807) is 25.2 Å². The Morgan fingerprint density at radius 1 is 1.17 bits per heavy atom. The lowest BCUT2D eigenvalue weighted by Gasteiger charge is -2.25. The molecule has 2 heterocycles. The lowest BCUT2D eigenvalue weighted by molar-refractivity contribution is -0.152. The van der Waals surface area contributed by atoms with Gasteiger partial charge in [-0.2, -0.15) is 0 Å². The van der Waals surface area contributed by atoms with E-state index in [1.165, 1.54) is 0 Å². The number of carboxylic acids is 1. The number of hydrogen-bond donors (Lipinski definition) is 2. The average Bonchev–Trinajstić information content (AvgIpc) is 3.50. The van der Waals surface area contributed by atoms with Crippen molar-refractivity contribution in [1.29, 1.82) is 0 Å². The number of aromatic nitrogens is 2. The third-order valence-electron chi connectivity index (χ3n) is 6.01. The van der Waals surface area contributed by atoms with Gasteiger partial charge < -0.3 is 19.6 Å². The van der Waals surface area contributed by atoms with Gasteiger partial charge in [0.05, 0.1) is 11.7 Å². The number of hydrogen-bond acceptors (Lipinski definition) is 7. The van der Waals surface area contributed by atoms with Crippen molar-refractivity contribution in [3.05, 3.63) is 87.2 Å². The number of oxazole rings is 1. The maximum Gasteiger partial charge on any atom is 0.347 e. The molecule has 2 aromatic carbocycles. The van der Waals surface area contributed by atoms with Gasteiger partial charge in [0.1, 0.15) is 16.5 Å². The second kappa shape index (κ2) is 10.6. The third kappa shape index (κ3) is 5.83. The third-order valence-corrected chi connectivity index (χ3v) is 6.89. The molecule has 0 saturated carbocycles. The number of carbonyl (C=O) groups is 1. The van der Waals surface area contributed by atoms with Gasteiger partial charge in [0.15, 0.2) is 5.60 Å². The number of nitrogens with zero attached hydrogens (tertiary/aromatic N) is 2. The van der Waals surface area contributed by atoms with Crippen LogP contribution in [-0.4, -0.2) is 26.6 Å². The summed E-state index contributed by atoms with van der Waals surface area (Å²) in [6.45, 7) is 9.53. The first-order valence-corrected chi connectivity index (χ1v) is 12.7. The molecule has 188 valence electrons. The predicted octanol–water partition coefficient (Wildman–Crippen LogP) is 6.04. The van der Waals surface area contributed by atoms with Gasteiger partial charge in [-0.25, -0.2) is 14.8 Å². The predicted molar refractivity (Wildman–Crippen MR) is 140 cm³/mol. The standard InChI is InChI=1S/C28H31N3O4S/c1-17-13-20(14-18(2)24(17)35-28(4,5)27(32)33)16-30-23(26-29-11-12-36-26)15-22-19(3)34-25(31-22)21-9-7-6-8-10-21/h6-14,23,30H,15-16H2,1-5H3,(H,32,33). The summed E-state index contributed by atoms with van der Waals surface area (Å²) in [7, 11) is 0. The van der Waals surface area contributed by atoms with Crippen molar-refractivity contribution in [2.24, 2.45) is 0 Å². The van der Waals surface area contributed by atoms with Gasteiger partial charge in [0.2, 0.25) is 5.89 Å². The Balaban J connectivity index is 1.52. The highest BCUT2D eigenvalue weighted by molar-refractivity contribution is 7.09. The van der Waals surface area contributed by atoms with Gasteiger partial charge in [-0.15, -0.1) is 11.3 Å². The van der Waals surface area contributed by atoms with Gasteiger partial charge in [-0.1, -0.05) is 30.3 Å². The lowest BCUT2D eigenvalue weighted by atomic mass is 10.0. The Morgan fingerprint density at radius 2 is 1.86 bits per heavy atom. The summed E-state index contributed by atoms with van der Waals surface area (Å²) in [5, 5.41) is 16.0. The van der Waals surface area contributed by atoms with Crippen LogP contribution in [0.1, 0.15) is 53.0 Å². The van der Waals surface area contributed by atoms with Crippen molar-refractivity contribution in [3.63, 3.8) is 0 Å². The number of rotatable bonds is 10. The molecule has 0 saturated heterocycles. The maximum atomic E-state index is 11.5. The second-order valence-corrected chi connectivity index (χ2v) is 10.3. The van der Waals surface area contributed by atoms with Gasteiger partial charge >= 0.3 is 5.97 Å². The first-order valence-electron chi connectivity index (χ1n) is 11.8. The molecule has 0 fully saturated rings. The van der Waals surface area contributed by atoms with E-state index >= 15 is 0 Å². The number of ether oxygens (including phenoxy) is 1. The van der Waals surface area contributed by atoms with E-state index in [9.17, 15) is 9.90 Å². The van der Waals surface area contributed by atoms with Crippen LogP contribution in [0.2, 0.25) is 0 Å². The van der Waals surface area contributed by atoms with Crippen LogP contribution >= 0.6 is 11.3 Å². The van der Waals surface area contributed by atoms with Gasteiger partial charge in [0, 0.05) is 30.1 Å². The molecule has 7 nitrogen and oxygen atoms in total. The van der Waals surface area contributed by atoms with E-state index in [4.69, 9.17) is 14.1 Å². The molecule has 2 N–H and O–H groups in total. The van der Waals surface area contributed by atoms with Crippen molar-refractivity contribution >= 4 is 17.3 Å². The molecule has 0 radical (unpaired) electrons. The van der Waals surface area contributed by atoms with Crippen LogP contribution in [0.25, 0.3) is 11.5 Å². The SMILES string of the molecule is Cc1cc(CNC(Cc2nc(-c3ccccc3)oc2C)c2nccs2)cc(C)c1OC(C)(C)C(=O)O. The summed E-state index contributed by atoms with van der Waals surface area (Å²) in [5.41, 5.74) is 3.41. The topological polar surface area (TPSA) is 97.5 Å². The summed E-state index contributed by atoms with van der Waals surface area (Å²) in [6, 6.07) is 13.9. The zero-order valence-corrected chi connectivity index (χ0v) is 22.0. The van der Waals surface area contributed by atoms with Crippen LogP contribution in [0, 0.1) is 20.8 Å². The fourth-order valence-electron chi connectivity index (χ4n) is 4.01. The van der Waals surface area contributed by atoms with E-state index < -0.39 is 11.6 Å². The number of nitrogens with one attached hydrogen (secondary N) is 1. The fraction of sp³-hybridized carbons (Fsp3) is 0.321. The van der Waals surface area contributed by atoms with Crippen molar-refractivity contribution in [3.8, 4) is 17.2 Å². The molecule has 0 aliphatic rings. The fourth-order valence-corrected chi connectivity index (χ4v) is 4.72. The lowest BCUT2D eigenvalue weighted by Crippen LogP contribution is -2.38. The second-order valence-electron chi connectivity index (χ2n) is 9.37. The van der Waals surface area contributed by atoms with Crippen LogP contribution < -0.4 is 10.1 Å². The minimum Gasteiger partial charge on any atom is -0.478 e. The van der Waals surface area contributed by atoms with Crippen molar-refractivity contribution in [2.75, 3.05) is 0 Å². The van der Waals surface area contributed by atoms with Crippen LogP contribution in [0.3, 0.4) is 0 Å². The van der Waals surface area contributed by atoms with Crippen molar-refractivity contribution < 1.29 is 19.1 Å². The monoisotopic (exact) mass is 505 g/mol. The Labute approximate surface area is 215 Å². The highest BCUT2D eigenvalue weighted by Crippen LogP contribution is 2.30. The molecular formula is C28H31N3O4S. The van der Waals surface area contributed by atoms with Crippen LogP contribution in [-0.2, 0) is 17.8 Å². The average molecular weight is 506 g/mol. The summed E-state index contributed by atoms with van der Waals surface area (Å²) < 4.78 is 11.8. The van der Waals surface area contributed by atoms with E-state index in [0.717, 1.165) is 38.7 Å². The summed E-state index contributed by atoms with van der Waals surface area (Å²) >= 11 is 1.60. The quantitative estimate of drug-likeness (QED) is 0.271. The molecule has 1 unspecified atom stereocenters. The molecule has 0 bridgehead atoms. The number of aryl methyl sites for hydroxylation is 3. The van der Waals surface area contributed by atoms with Gasteiger partial charge in [-0.05, 0) is 63.4 Å². The number of carboxylic acid groups (broad SMARTS) is 1. The first kappa shape index (κ1) is 25.6. The Kier molecular flexibility index (Phi) is 7.56. The van der Waals surface area contributed by atoms with Crippen LogP contribution in [0.5, 0.6) is 5.75 Å². The Morgan fingerprint density at radius 3 is 2.47 bits per heavy atom. The molecule has 1 atom stereocenters. The normalized spacial score (nSPS) is 12.5. The van der Waals surface area contributed by atoms with E-state index in [0.29, 0.717) is 24.6 Å². The molecule has 4 rings (SSSR count). The minimum absolute atomic E-state index is 0.0418. The van der Waals surface area contributed by atoms with Crippen LogP contribution in [0.15, 0.2) is 58.5 Å². The van der Waals surface area contributed by atoms with E-state index in [2.05, 4.69) is 10.3 Å². The molecule has 0 aliphatic carbocycles. The summed E-state index contributed by atoms with van der Waals surface area (Å²) in [6.07, 6.45) is 2.45. The molecule has 36 heavy (non-hydrogen) atoms. The Hall–Kier alpha value is -3.49. The molecule has 0 amide bonds. The summed E-state index contributed by atoms with van der Waals surface area (Å²) in [5.74, 6) is 1.02. The number of thiazole rings is 1. The molecule has 8 heteroatoms. The van der Waals surface area contributed by atoms with Crippen molar-refractivity contribution in [2.45, 2.75) is 59.2 Å². The van der Waals surface area contributed by atoms with Crippen LogP contribution in [0.4, 0.5) is 0 Å². The van der Waals surface area contributed by atoms with Gasteiger partial charge in [-0.3, -0.25) is 0 Å². The molecule has 4 aromatic rings. The zero-order valence-electron chi connectivity index (χ0n) is 21.2. The summed E-state index contributed by atoms with van der Waals surface area (Å²) in [4.78, 5) is 20.8. The molecule has 0 aliphatic heterocycles. The largest absolute Gasteiger partial charge is 0.478 e. The minimum atomic E-state index is -1.31. The van der Waals surface area contributed by atoms with E-state index in [-0.39, 0.29) is 6.04 Å². The van der Waals surface area contributed by atoms with Crippen molar-refractivity contribution in [1.82, 2.24) is 15.3 Å². The number of benzene rings is 2. The first-order chi connectivity index (χ1) is 17.1. The van der Waals surface area contributed by atoms with Gasteiger partial charge in [0.25, 0.3) is 0 Å². The molecular weight excluding hydrogens is 474 g/mol. The zero-order chi connectivity index (χ0) is 25.9. The molecule has 2 aromatic heterocycles. The smallest absolute Gasteiger partial charge is 0.347 e. The van der Waals surface area contributed by atoms with E-state index in [1.807, 2.05) is 74.8 Å². The number of aliphatic carboxylic acids is 1.